The minimum absolute atomic E-state index is 0.201. The summed E-state index contributed by atoms with van der Waals surface area (Å²) in [7, 11) is 5.13. The SMILES string of the molecule is CCNC(=NCC(O)c1cc(OC)cc(OC)c1)N(C)Cc1cnn(-c2ccccc2)c1. The van der Waals surface area contributed by atoms with E-state index < -0.39 is 6.10 Å². The first-order valence-electron chi connectivity index (χ1n) is 10.5. The van der Waals surface area contributed by atoms with Gasteiger partial charge in [0, 0.05) is 38.0 Å². The Balaban J connectivity index is 1.69. The third-order valence-corrected chi connectivity index (χ3v) is 4.95. The summed E-state index contributed by atoms with van der Waals surface area (Å²) in [5.41, 5.74) is 2.76. The van der Waals surface area contributed by atoms with Gasteiger partial charge in [-0.3, -0.25) is 4.99 Å². The predicted octanol–water partition coefficient (Wildman–Crippen LogP) is 3.02. The van der Waals surface area contributed by atoms with Crippen LogP contribution in [-0.2, 0) is 6.54 Å². The molecule has 2 aromatic carbocycles. The molecule has 0 fully saturated rings. The topological polar surface area (TPSA) is 84.1 Å². The van der Waals surface area contributed by atoms with Gasteiger partial charge in [-0.1, -0.05) is 18.2 Å². The number of hydrogen-bond donors (Lipinski definition) is 2. The maximum Gasteiger partial charge on any atom is 0.194 e. The molecule has 32 heavy (non-hydrogen) atoms. The molecule has 1 aromatic heterocycles. The first-order chi connectivity index (χ1) is 15.5. The van der Waals surface area contributed by atoms with E-state index in [9.17, 15) is 5.11 Å². The lowest BCUT2D eigenvalue weighted by Gasteiger charge is -2.22. The van der Waals surface area contributed by atoms with Crippen LogP contribution in [0.2, 0.25) is 0 Å². The van der Waals surface area contributed by atoms with Crippen LogP contribution in [0.5, 0.6) is 11.5 Å². The number of para-hydroxylation sites is 1. The predicted molar refractivity (Wildman–Crippen MR) is 126 cm³/mol. The van der Waals surface area contributed by atoms with Crippen molar-refractivity contribution in [2.45, 2.75) is 19.6 Å². The van der Waals surface area contributed by atoms with Gasteiger partial charge >= 0.3 is 0 Å². The molecule has 0 bridgehead atoms. The highest BCUT2D eigenvalue weighted by molar-refractivity contribution is 5.79. The number of nitrogens with zero attached hydrogens (tertiary/aromatic N) is 4. The van der Waals surface area contributed by atoms with Crippen molar-refractivity contribution in [2.75, 3.05) is 34.4 Å². The monoisotopic (exact) mass is 437 g/mol. The Morgan fingerprint density at radius 3 is 2.47 bits per heavy atom. The molecular weight excluding hydrogens is 406 g/mol. The molecule has 0 saturated heterocycles. The Kier molecular flexibility index (Phi) is 8.10. The molecule has 3 rings (SSSR count). The Morgan fingerprint density at radius 2 is 1.84 bits per heavy atom. The second-order valence-electron chi connectivity index (χ2n) is 7.34. The fraction of sp³-hybridized carbons (Fsp3) is 0.333. The van der Waals surface area contributed by atoms with E-state index in [4.69, 9.17) is 9.47 Å². The fourth-order valence-corrected chi connectivity index (χ4v) is 3.28. The number of aliphatic imine (C=N–C) groups is 1. The molecule has 170 valence electrons. The van der Waals surface area contributed by atoms with Crippen LogP contribution >= 0.6 is 0 Å². The van der Waals surface area contributed by atoms with E-state index >= 15 is 0 Å². The summed E-state index contributed by atoms with van der Waals surface area (Å²) < 4.78 is 12.4. The highest BCUT2D eigenvalue weighted by atomic mass is 16.5. The van der Waals surface area contributed by atoms with Crippen molar-refractivity contribution >= 4 is 5.96 Å². The summed E-state index contributed by atoms with van der Waals surface area (Å²) in [6.45, 7) is 3.56. The molecule has 0 aliphatic carbocycles. The van der Waals surface area contributed by atoms with Crippen LogP contribution in [0.4, 0.5) is 0 Å². The van der Waals surface area contributed by atoms with Gasteiger partial charge in [-0.25, -0.2) is 4.68 Å². The van der Waals surface area contributed by atoms with Crippen molar-refractivity contribution < 1.29 is 14.6 Å². The van der Waals surface area contributed by atoms with E-state index in [0.717, 1.165) is 17.8 Å². The van der Waals surface area contributed by atoms with Crippen LogP contribution < -0.4 is 14.8 Å². The van der Waals surface area contributed by atoms with E-state index in [1.54, 1.807) is 32.4 Å². The summed E-state index contributed by atoms with van der Waals surface area (Å²) in [5, 5.41) is 18.4. The highest BCUT2D eigenvalue weighted by Crippen LogP contribution is 2.26. The van der Waals surface area contributed by atoms with Crippen LogP contribution in [0, 0.1) is 0 Å². The molecule has 0 aliphatic heterocycles. The average molecular weight is 438 g/mol. The van der Waals surface area contributed by atoms with Crippen LogP contribution in [0.15, 0.2) is 65.9 Å². The van der Waals surface area contributed by atoms with Crippen molar-refractivity contribution in [3.8, 4) is 17.2 Å². The molecule has 0 spiro atoms. The van der Waals surface area contributed by atoms with Gasteiger partial charge in [0.25, 0.3) is 0 Å². The van der Waals surface area contributed by atoms with Crippen molar-refractivity contribution in [2.24, 2.45) is 4.99 Å². The highest BCUT2D eigenvalue weighted by Gasteiger charge is 2.13. The smallest absolute Gasteiger partial charge is 0.194 e. The number of benzene rings is 2. The lowest BCUT2D eigenvalue weighted by Crippen LogP contribution is -2.38. The molecule has 8 nitrogen and oxygen atoms in total. The average Bonchev–Trinajstić information content (AvgIpc) is 3.30. The molecule has 8 heteroatoms. The van der Waals surface area contributed by atoms with Gasteiger partial charge in [0.2, 0.25) is 0 Å². The lowest BCUT2D eigenvalue weighted by atomic mass is 10.1. The lowest BCUT2D eigenvalue weighted by molar-refractivity contribution is 0.185. The van der Waals surface area contributed by atoms with Gasteiger partial charge in [0.05, 0.1) is 38.8 Å². The number of hydrogen-bond acceptors (Lipinski definition) is 5. The molecule has 1 atom stereocenters. The van der Waals surface area contributed by atoms with E-state index in [0.29, 0.717) is 29.6 Å². The van der Waals surface area contributed by atoms with Crippen LogP contribution in [0.1, 0.15) is 24.2 Å². The van der Waals surface area contributed by atoms with Crippen LogP contribution in [-0.4, -0.2) is 60.1 Å². The Labute approximate surface area is 189 Å². The number of ether oxygens (including phenoxy) is 2. The third kappa shape index (κ3) is 6.01. The number of nitrogens with one attached hydrogen (secondary N) is 1. The summed E-state index contributed by atoms with van der Waals surface area (Å²) in [6, 6.07) is 15.3. The normalized spacial score (nSPS) is 12.3. The number of methoxy groups -OCH3 is 2. The molecule has 3 aromatic rings. The summed E-state index contributed by atoms with van der Waals surface area (Å²) in [5.74, 6) is 1.96. The Hall–Kier alpha value is -3.52. The molecule has 1 heterocycles. The fourth-order valence-electron chi connectivity index (χ4n) is 3.28. The Bertz CT molecular complexity index is 997. The maximum absolute atomic E-state index is 10.7. The summed E-state index contributed by atoms with van der Waals surface area (Å²) >= 11 is 0. The summed E-state index contributed by atoms with van der Waals surface area (Å²) in [4.78, 5) is 6.64. The molecule has 0 saturated carbocycles. The number of aliphatic hydroxyl groups excluding tert-OH is 1. The van der Waals surface area contributed by atoms with Crippen molar-refractivity contribution in [1.29, 1.82) is 0 Å². The van der Waals surface area contributed by atoms with Crippen LogP contribution in [0.25, 0.3) is 5.69 Å². The zero-order valence-corrected chi connectivity index (χ0v) is 19.0. The van der Waals surface area contributed by atoms with Gasteiger partial charge < -0.3 is 24.8 Å². The molecule has 0 radical (unpaired) electrons. The quantitative estimate of drug-likeness (QED) is 0.396. The largest absolute Gasteiger partial charge is 0.497 e. The first-order valence-corrected chi connectivity index (χ1v) is 10.5. The number of aliphatic hydroxyl groups is 1. The maximum atomic E-state index is 10.7. The van der Waals surface area contributed by atoms with E-state index in [1.807, 2.05) is 66.3 Å². The van der Waals surface area contributed by atoms with Gasteiger partial charge in [-0.15, -0.1) is 0 Å². The van der Waals surface area contributed by atoms with Gasteiger partial charge in [-0.2, -0.15) is 5.10 Å². The molecular formula is C24H31N5O3. The number of rotatable bonds is 9. The number of guanidine groups is 1. The second kappa shape index (κ2) is 11.2. The minimum Gasteiger partial charge on any atom is -0.497 e. The first kappa shape index (κ1) is 23.1. The molecule has 0 amide bonds. The van der Waals surface area contributed by atoms with Crippen molar-refractivity contribution in [3.63, 3.8) is 0 Å². The molecule has 1 unspecified atom stereocenters. The van der Waals surface area contributed by atoms with Crippen LogP contribution in [0.3, 0.4) is 0 Å². The van der Waals surface area contributed by atoms with Crippen molar-refractivity contribution in [1.82, 2.24) is 20.0 Å². The van der Waals surface area contributed by atoms with Crippen molar-refractivity contribution in [3.05, 3.63) is 72.1 Å². The van der Waals surface area contributed by atoms with E-state index in [1.165, 1.54) is 0 Å². The Morgan fingerprint density at radius 1 is 1.16 bits per heavy atom. The van der Waals surface area contributed by atoms with Gasteiger partial charge in [0.1, 0.15) is 11.5 Å². The van der Waals surface area contributed by atoms with E-state index in [-0.39, 0.29) is 6.54 Å². The molecule has 0 aliphatic rings. The second-order valence-corrected chi connectivity index (χ2v) is 7.34. The van der Waals surface area contributed by atoms with Gasteiger partial charge in [0.15, 0.2) is 5.96 Å². The third-order valence-electron chi connectivity index (χ3n) is 4.95. The van der Waals surface area contributed by atoms with E-state index in [2.05, 4.69) is 15.4 Å². The standard InChI is InChI=1S/C24H31N5O3/c1-5-25-24(26-15-23(30)19-11-21(31-3)13-22(12-19)32-4)28(2)16-18-14-27-29(17-18)20-9-7-6-8-10-20/h6-14,17,23,30H,5,15-16H2,1-4H3,(H,25,26). The zero-order chi connectivity index (χ0) is 22.9. The minimum atomic E-state index is -0.790. The number of aromatic nitrogens is 2. The summed E-state index contributed by atoms with van der Waals surface area (Å²) in [6.07, 6.45) is 3.07. The molecule has 2 N–H and O–H groups in total. The zero-order valence-electron chi connectivity index (χ0n) is 19.0. The van der Waals surface area contributed by atoms with Gasteiger partial charge in [-0.05, 0) is 36.8 Å².